The predicted octanol–water partition coefficient (Wildman–Crippen LogP) is 4.42. The van der Waals surface area contributed by atoms with E-state index in [0.29, 0.717) is 6.04 Å². The average Bonchev–Trinajstić information content (AvgIpc) is 2.93. The van der Waals surface area contributed by atoms with Crippen molar-refractivity contribution in [2.45, 2.75) is 32.2 Å². The van der Waals surface area contributed by atoms with Gasteiger partial charge < -0.3 is 5.32 Å². The lowest BCUT2D eigenvalue weighted by molar-refractivity contribution is 0.505. The molecular weight excluding hydrogens is 238 g/mol. The molecule has 0 aliphatic heterocycles. The lowest BCUT2D eigenvalue weighted by Gasteiger charge is -2.16. The van der Waals surface area contributed by atoms with Crippen LogP contribution in [0.4, 0.5) is 0 Å². The van der Waals surface area contributed by atoms with Crippen molar-refractivity contribution in [2.24, 2.45) is 0 Å². The molecule has 0 amide bonds. The molecule has 1 nitrogen and oxygen atoms in total. The van der Waals surface area contributed by atoms with Crippen LogP contribution >= 0.6 is 11.3 Å². The number of benzene rings is 1. The number of rotatable bonds is 7. The number of hydrogen-bond acceptors (Lipinski definition) is 2. The van der Waals surface area contributed by atoms with Crippen LogP contribution in [0.3, 0.4) is 0 Å². The smallest absolute Gasteiger partial charge is 0.0414 e. The van der Waals surface area contributed by atoms with E-state index < -0.39 is 0 Å². The van der Waals surface area contributed by atoms with Gasteiger partial charge in [0.1, 0.15) is 0 Å². The quantitative estimate of drug-likeness (QED) is 0.776. The van der Waals surface area contributed by atoms with Crippen LogP contribution in [0, 0.1) is 0 Å². The summed E-state index contributed by atoms with van der Waals surface area (Å²) in [4.78, 5) is 1.46. The van der Waals surface area contributed by atoms with Gasteiger partial charge >= 0.3 is 0 Å². The lowest BCUT2D eigenvalue weighted by Crippen LogP contribution is -2.20. The molecule has 1 heterocycles. The third-order valence-electron chi connectivity index (χ3n) is 3.14. The second-order valence-electron chi connectivity index (χ2n) is 4.50. The van der Waals surface area contributed by atoms with E-state index in [1.165, 1.54) is 29.7 Å². The molecule has 1 atom stereocenters. The molecule has 0 spiro atoms. The second-order valence-corrected chi connectivity index (χ2v) is 5.48. The van der Waals surface area contributed by atoms with Crippen LogP contribution in [-0.2, 0) is 6.42 Å². The van der Waals surface area contributed by atoms with Gasteiger partial charge in [-0.15, -0.1) is 11.3 Å². The maximum absolute atomic E-state index is 3.58. The molecule has 96 valence electrons. The molecule has 2 heteroatoms. The Balaban J connectivity index is 1.83. The molecule has 1 aromatic carbocycles. The molecule has 0 saturated carbocycles. The zero-order valence-electron chi connectivity index (χ0n) is 10.9. The minimum Gasteiger partial charge on any atom is -0.310 e. The van der Waals surface area contributed by atoms with Gasteiger partial charge in [-0.3, -0.25) is 0 Å². The summed E-state index contributed by atoms with van der Waals surface area (Å²) in [6, 6.07) is 15.7. The van der Waals surface area contributed by atoms with Crippen molar-refractivity contribution in [3.8, 4) is 0 Å². The first-order valence-corrected chi connectivity index (χ1v) is 7.59. The van der Waals surface area contributed by atoms with Crippen molar-refractivity contribution in [1.82, 2.24) is 5.32 Å². The minimum atomic E-state index is 0.527. The number of aryl methyl sites for hydroxylation is 1. The van der Waals surface area contributed by atoms with E-state index >= 15 is 0 Å². The first-order chi connectivity index (χ1) is 8.90. The normalized spacial score (nSPS) is 12.5. The van der Waals surface area contributed by atoms with Gasteiger partial charge in [0.05, 0.1) is 0 Å². The van der Waals surface area contributed by atoms with Gasteiger partial charge in [0, 0.05) is 10.9 Å². The van der Waals surface area contributed by atoms with Crippen LogP contribution in [-0.4, -0.2) is 6.54 Å². The Hall–Kier alpha value is -1.12. The summed E-state index contributed by atoms with van der Waals surface area (Å²) < 4.78 is 0. The average molecular weight is 259 g/mol. The van der Waals surface area contributed by atoms with Gasteiger partial charge in [-0.2, -0.15) is 0 Å². The zero-order chi connectivity index (χ0) is 12.6. The topological polar surface area (TPSA) is 12.0 Å². The molecular formula is C16H21NS. The molecule has 1 N–H and O–H groups in total. The Morgan fingerprint density at radius 2 is 1.94 bits per heavy atom. The van der Waals surface area contributed by atoms with E-state index in [2.05, 4.69) is 60.1 Å². The van der Waals surface area contributed by atoms with Crippen LogP contribution in [0.1, 0.15) is 36.2 Å². The third-order valence-corrected chi connectivity index (χ3v) is 4.12. The molecule has 0 radical (unpaired) electrons. The van der Waals surface area contributed by atoms with Gasteiger partial charge in [-0.25, -0.2) is 0 Å². The van der Waals surface area contributed by atoms with Gasteiger partial charge in [0.15, 0.2) is 0 Å². The molecule has 2 rings (SSSR count). The van der Waals surface area contributed by atoms with Crippen LogP contribution in [0.5, 0.6) is 0 Å². The van der Waals surface area contributed by atoms with Crippen molar-refractivity contribution in [2.75, 3.05) is 6.54 Å². The maximum Gasteiger partial charge on any atom is 0.0414 e. The lowest BCUT2D eigenvalue weighted by atomic mass is 10.0. The van der Waals surface area contributed by atoms with Crippen molar-refractivity contribution in [3.05, 3.63) is 58.3 Å². The van der Waals surface area contributed by atoms with Crippen LogP contribution in [0.25, 0.3) is 0 Å². The molecule has 1 unspecified atom stereocenters. The standard InChI is InChI=1S/C16H21NS/c1-2-17-15(16-12-7-13-18-16)11-6-10-14-8-4-3-5-9-14/h3-5,7-9,12-13,15,17H,2,6,10-11H2,1H3. The van der Waals surface area contributed by atoms with Crippen molar-refractivity contribution in [3.63, 3.8) is 0 Å². The fraction of sp³-hybridized carbons (Fsp3) is 0.375. The zero-order valence-corrected chi connectivity index (χ0v) is 11.7. The van der Waals surface area contributed by atoms with Crippen LogP contribution < -0.4 is 5.32 Å². The van der Waals surface area contributed by atoms with Crippen molar-refractivity contribution in [1.29, 1.82) is 0 Å². The highest BCUT2D eigenvalue weighted by Gasteiger charge is 2.10. The highest BCUT2D eigenvalue weighted by molar-refractivity contribution is 7.10. The monoisotopic (exact) mass is 259 g/mol. The van der Waals surface area contributed by atoms with Gasteiger partial charge in [0.2, 0.25) is 0 Å². The summed E-state index contributed by atoms with van der Waals surface area (Å²) in [5.74, 6) is 0. The second kappa shape index (κ2) is 7.34. The molecule has 0 bridgehead atoms. The van der Waals surface area contributed by atoms with Gasteiger partial charge in [0.25, 0.3) is 0 Å². The van der Waals surface area contributed by atoms with E-state index in [0.717, 1.165) is 6.54 Å². The van der Waals surface area contributed by atoms with E-state index in [1.54, 1.807) is 0 Å². The fourth-order valence-corrected chi connectivity index (χ4v) is 3.07. The summed E-state index contributed by atoms with van der Waals surface area (Å²) >= 11 is 1.85. The summed E-state index contributed by atoms with van der Waals surface area (Å²) in [5.41, 5.74) is 1.44. The number of nitrogens with one attached hydrogen (secondary N) is 1. The Morgan fingerprint density at radius 1 is 1.11 bits per heavy atom. The summed E-state index contributed by atoms with van der Waals surface area (Å²) in [7, 11) is 0. The Labute approximate surface area is 114 Å². The number of hydrogen-bond donors (Lipinski definition) is 1. The third kappa shape index (κ3) is 3.97. The van der Waals surface area contributed by atoms with Crippen LogP contribution in [0.15, 0.2) is 47.8 Å². The first-order valence-electron chi connectivity index (χ1n) is 6.71. The van der Waals surface area contributed by atoms with Crippen molar-refractivity contribution >= 4 is 11.3 Å². The van der Waals surface area contributed by atoms with Crippen molar-refractivity contribution < 1.29 is 0 Å². The molecule has 0 aliphatic carbocycles. The van der Waals surface area contributed by atoms with E-state index in [-0.39, 0.29) is 0 Å². The summed E-state index contributed by atoms with van der Waals surface area (Å²) in [5, 5.41) is 5.75. The molecule has 0 aliphatic rings. The maximum atomic E-state index is 3.58. The van der Waals surface area contributed by atoms with E-state index in [4.69, 9.17) is 0 Å². The molecule has 18 heavy (non-hydrogen) atoms. The minimum absolute atomic E-state index is 0.527. The van der Waals surface area contributed by atoms with E-state index in [9.17, 15) is 0 Å². The fourth-order valence-electron chi connectivity index (χ4n) is 2.24. The largest absolute Gasteiger partial charge is 0.310 e. The Kier molecular flexibility index (Phi) is 5.43. The summed E-state index contributed by atoms with van der Waals surface area (Å²) in [6.07, 6.45) is 3.62. The molecule has 1 aromatic heterocycles. The molecule has 2 aromatic rings. The SMILES string of the molecule is CCNC(CCCc1ccccc1)c1cccs1. The Bertz CT molecular complexity index is 422. The first kappa shape index (κ1) is 13.3. The number of thiophene rings is 1. The van der Waals surface area contributed by atoms with Gasteiger partial charge in [-0.1, -0.05) is 43.3 Å². The highest BCUT2D eigenvalue weighted by Crippen LogP contribution is 2.23. The highest BCUT2D eigenvalue weighted by atomic mass is 32.1. The summed E-state index contributed by atoms with van der Waals surface area (Å²) in [6.45, 7) is 3.21. The molecule has 0 fully saturated rings. The van der Waals surface area contributed by atoms with Crippen LogP contribution in [0.2, 0.25) is 0 Å². The predicted molar refractivity (Wildman–Crippen MR) is 80.1 cm³/mol. The van der Waals surface area contributed by atoms with Gasteiger partial charge in [-0.05, 0) is 42.8 Å². The Morgan fingerprint density at radius 3 is 2.61 bits per heavy atom. The molecule has 0 saturated heterocycles. The van der Waals surface area contributed by atoms with E-state index in [1.807, 2.05) is 11.3 Å².